The van der Waals surface area contributed by atoms with E-state index in [2.05, 4.69) is 15.8 Å². The van der Waals surface area contributed by atoms with Crippen molar-refractivity contribution in [2.45, 2.75) is 26.1 Å². The average molecular weight is 412 g/mol. The van der Waals surface area contributed by atoms with Gasteiger partial charge in [0.2, 0.25) is 0 Å². The third kappa shape index (κ3) is 4.30. The monoisotopic (exact) mass is 412 g/mol. The number of alkyl halides is 3. The third-order valence-electron chi connectivity index (χ3n) is 4.34. The number of nitrogens with zero attached hydrogens (tertiary/aromatic N) is 2. The van der Waals surface area contributed by atoms with Crippen LogP contribution in [0, 0.1) is 17.6 Å². The lowest BCUT2D eigenvalue weighted by molar-refractivity contribution is -0.137. The number of carbonyl (C=O) groups is 1. The van der Waals surface area contributed by atoms with E-state index >= 15 is 0 Å². The fourth-order valence-corrected chi connectivity index (χ4v) is 2.98. The Labute approximate surface area is 162 Å². The SMILES string of the molecule is CC(C)C(C(=O)NNc1cccc(C(F)(F)F)c1)n1cnc2cc(F)c(F)cc21. The van der Waals surface area contributed by atoms with Crippen molar-refractivity contribution in [1.29, 1.82) is 0 Å². The molecule has 1 amide bonds. The Morgan fingerprint density at radius 1 is 1.10 bits per heavy atom. The minimum Gasteiger partial charge on any atom is -0.317 e. The Hall–Kier alpha value is -3.17. The van der Waals surface area contributed by atoms with E-state index in [-0.39, 0.29) is 22.6 Å². The number of anilines is 1. The van der Waals surface area contributed by atoms with E-state index in [0.717, 1.165) is 24.3 Å². The lowest BCUT2D eigenvalue weighted by Crippen LogP contribution is -2.38. The van der Waals surface area contributed by atoms with Crippen molar-refractivity contribution < 1.29 is 26.7 Å². The number of benzene rings is 2. The first-order valence-corrected chi connectivity index (χ1v) is 8.62. The minimum absolute atomic E-state index is 0.0410. The Kier molecular flexibility index (Phi) is 5.45. The number of hydrogen-bond donors (Lipinski definition) is 2. The molecule has 1 unspecified atom stereocenters. The van der Waals surface area contributed by atoms with Crippen LogP contribution < -0.4 is 10.9 Å². The van der Waals surface area contributed by atoms with Gasteiger partial charge in [0.15, 0.2) is 11.6 Å². The predicted octanol–water partition coefficient (Wildman–Crippen LogP) is 4.67. The van der Waals surface area contributed by atoms with Crippen LogP contribution in [0.5, 0.6) is 0 Å². The van der Waals surface area contributed by atoms with Crippen molar-refractivity contribution >= 4 is 22.6 Å². The van der Waals surface area contributed by atoms with Crippen LogP contribution in [0.25, 0.3) is 11.0 Å². The van der Waals surface area contributed by atoms with Crippen molar-refractivity contribution in [2.75, 3.05) is 5.43 Å². The molecular formula is C19H17F5N4O. The van der Waals surface area contributed by atoms with Gasteiger partial charge in [0, 0.05) is 12.1 Å². The molecule has 0 bridgehead atoms. The third-order valence-corrected chi connectivity index (χ3v) is 4.34. The molecule has 5 nitrogen and oxygen atoms in total. The first kappa shape index (κ1) is 20.6. The van der Waals surface area contributed by atoms with Crippen LogP contribution in [0.4, 0.5) is 27.6 Å². The maximum Gasteiger partial charge on any atom is 0.416 e. The van der Waals surface area contributed by atoms with Gasteiger partial charge in [-0.2, -0.15) is 13.2 Å². The maximum atomic E-state index is 13.7. The van der Waals surface area contributed by atoms with Crippen LogP contribution >= 0.6 is 0 Å². The number of hydrogen-bond acceptors (Lipinski definition) is 3. The van der Waals surface area contributed by atoms with E-state index < -0.39 is 35.3 Å². The highest BCUT2D eigenvalue weighted by molar-refractivity contribution is 5.85. The van der Waals surface area contributed by atoms with Gasteiger partial charge < -0.3 is 4.57 Å². The van der Waals surface area contributed by atoms with Crippen LogP contribution in [-0.4, -0.2) is 15.5 Å². The van der Waals surface area contributed by atoms with Gasteiger partial charge in [-0.3, -0.25) is 15.6 Å². The summed E-state index contributed by atoms with van der Waals surface area (Å²) in [5.41, 5.74) is 4.39. The number of imidazole rings is 1. The number of halogens is 5. The summed E-state index contributed by atoms with van der Waals surface area (Å²) in [6.45, 7) is 3.47. The molecule has 0 radical (unpaired) electrons. The highest BCUT2D eigenvalue weighted by atomic mass is 19.4. The van der Waals surface area contributed by atoms with Gasteiger partial charge in [0.1, 0.15) is 6.04 Å². The molecule has 3 aromatic rings. The highest BCUT2D eigenvalue weighted by Gasteiger charge is 2.31. The maximum absolute atomic E-state index is 13.7. The van der Waals surface area contributed by atoms with E-state index in [1.165, 1.54) is 23.0 Å². The summed E-state index contributed by atoms with van der Waals surface area (Å²) in [5.74, 6) is -3.01. The molecule has 154 valence electrons. The number of amides is 1. The van der Waals surface area contributed by atoms with E-state index in [0.29, 0.717) is 0 Å². The van der Waals surface area contributed by atoms with Crippen molar-refractivity contribution in [3.8, 4) is 0 Å². The number of fused-ring (bicyclic) bond motifs is 1. The summed E-state index contributed by atoms with van der Waals surface area (Å²) < 4.78 is 66.9. The summed E-state index contributed by atoms with van der Waals surface area (Å²) in [4.78, 5) is 16.7. The molecule has 1 atom stereocenters. The van der Waals surface area contributed by atoms with Gasteiger partial charge in [0.25, 0.3) is 5.91 Å². The highest BCUT2D eigenvalue weighted by Crippen LogP contribution is 2.30. The van der Waals surface area contributed by atoms with Gasteiger partial charge in [-0.25, -0.2) is 13.8 Å². The number of rotatable bonds is 5. The molecule has 0 spiro atoms. The second kappa shape index (κ2) is 7.69. The topological polar surface area (TPSA) is 59.0 Å². The number of aromatic nitrogens is 2. The van der Waals surface area contributed by atoms with Crippen molar-refractivity contribution in [2.24, 2.45) is 5.92 Å². The van der Waals surface area contributed by atoms with E-state index in [1.807, 2.05) is 0 Å². The zero-order chi connectivity index (χ0) is 21.3. The molecule has 0 fully saturated rings. The van der Waals surface area contributed by atoms with Crippen LogP contribution in [0.3, 0.4) is 0 Å². The van der Waals surface area contributed by atoms with E-state index in [1.54, 1.807) is 13.8 Å². The molecule has 0 saturated carbocycles. The summed E-state index contributed by atoms with van der Waals surface area (Å²) in [5, 5.41) is 0. The molecular weight excluding hydrogens is 395 g/mol. The minimum atomic E-state index is -4.52. The van der Waals surface area contributed by atoms with E-state index in [4.69, 9.17) is 0 Å². The van der Waals surface area contributed by atoms with Gasteiger partial charge >= 0.3 is 6.18 Å². The van der Waals surface area contributed by atoms with Crippen LogP contribution in [0.15, 0.2) is 42.7 Å². The lowest BCUT2D eigenvalue weighted by Gasteiger charge is -2.23. The van der Waals surface area contributed by atoms with Crippen molar-refractivity contribution in [1.82, 2.24) is 15.0 Å². The molecule has 0 aliphatic carbocycles. The molecule has 29 heavy (non-hydrogen) atoms. The first-order valence-electron chi connectivity index (χ1n) is 8.62. The average Bonchev–Trinajstić information content (AvgIpc) is 3.02. The second-order valence-electron chi connectivity index (χ2n) is 6.79. The first-order chi connectivity index (χ1) is 13.6. The summed E-state index contributed by atoms with van der Waals surface area (Å²) in [7, 11) is 0. The quantitative estimate of drug-likeness (QED) is 0.473. The van der Waals surface area contributed by atoms with Crippen LogP contribution in [0.1, 0.15) is 25.5 Å². The van der Waals surface area contributed by atoms with Gasteiger partial charge in [-0.05, 0) is 24.1 Å². The molecule has 0 aliphatic heterocycles. The summed E-state index contributed by atoms with van der Waals surface area (Å²) >= 11 is 0. The number of carbonyl (C=O) groups excluding carboxylic acids is 1. The van der Waals surface area contributed by atoms with Crippen LogP contribution in [0.2, 0.25) is 0 Å². The second-order valence-corrected chi connectivity index (χ2v) is 6.79. The summed E-state index contributed by atoms with van der Waals surface area (Å²) in [6, 6.07) is 5.34. The molecule has 2 N–H and O–H groups in total. The molecule has 0 saturated heterocycles. The van der Waals surface area contributed by atoms with Crippen molar-refractivity contribution in [3.63, 3.8) is 0 Å². The predicted molar refractivity (Wildman–Crippen MR) is 96.7 cm³/mol. The van der Waals surface area contributed by atoms with Crippen LogP contribution in [-0.2, 0) is 11.0 Å². The Morgan fingerprint density at radius 3 is 2.45 bits per heavy atom. The molecule has 2 aromatic carbocycles. The molecule has 1 heterocycles. The van der Waals surface area contributed by atoms with E-state index in [9.17, 15) is 26.7 Å². The molecule has 10 heteroatoms. The van der Waals surface area contributed by atoms with Crippen molar-refractivity contribution in [3.05, 3.63) is 59.9 Å². The zero-order valence-corrected chi connectivity index (χ0v) is 15.4. The van der Waals surface area contributed by atoms with Gasteiger partial charge in [-0.15, -0.1) is 0 Å². The number of hydrazine groups is 1. The standard InChI is InChI=1S/C19H17F5N4O/c1-10(2)17(28-9-25-15-7-13(20)14(21)8-16(15)28)18(29)27-26-12-5-3-4-11(6-12)19(22,23)24/h3-10,17,26H,1-2H3,(H,27,29). The Bertz CT molecular complexity index is 1040. The Balaban J connectivity index is 1.84. The number of nitrogens with one attached hydrogen (secondary N) is 2. The fraction of sp³-hybridized carbons (Fsp3) is 0.263. The normalized spacial score (nSPS) is 13.0. The zero-order valence-electron chi connectivity index (χ0n) is 15.4. The smallest absolute Gasteiger partial charge is 0.317 e. The molecule has 0 aliphatic rings. The largest absolute Gasteiger partial charge is 0.416 e. The molecule has 1 aromatic heterocycles. The Morgan fingerprint density at radius 2 is 1.79 bits per heavy atom. The van der Waals surface area contributed by atoms with Gasteiger partial charge in [0.05, 0.1) is 28.6 Å². The molecule has 3 rings (SSSR count). The fourth-order valence-electron chi connectivity index (χ4n) is 2.98. The summed E-state index contributed by atoms with van der Waals surface area (Å²) in [6.07, 6.45) is -3.23. The van der Waals surface area contributed by atoms with Gasteiger partial charge in [-0.1, -0.05) is 19.9 Å². The lowest BCUT2D eigenvalue weighted by atomic mass is 10.0.